The van der Waals surface area contributed by atoms with Gasteiger partial charge < -0.3 is 10.6 Å². The minimum atomic E-state index is -0.0301. The molecule has 1 amide bonds. The molecular weight excluding hydrogens is 332 g/mol. The van der Waals surface area contributed by atoms with E-state index in [-0.39, 0.29) is 11.9 Å². The SMILES string of the molecule is Cc1ccc(Cl)cc1NC(=O)C[NH2+][C@H](C)c1cccc2ccccc12. The predicted molar refractivity (Wildman–Crippen MR) is 104 cm³/mol. The van der Waals surface area contributed by atoms with Crippen molar-refractivity contribution in [1.82, 2.24) is 0 Å². The molecule has 0 bridgehead atoms. The Morgan fingerprint density at radius 2 is 1.88 bits per heavy atom. The largest absolute Gasteiger partial charge is 0.332 e. The van der Waals surface area contributed by atoms with Crippen LogP contribution in [0.25, 0.3) is 10.8 Å². The first-order valence-electron chi connectivity index (χ1n) is 8.41. The number of aryl methyl sites for hydroxylation is 1. The molecule has 0 aliphatic heterocycles. The number of hydrogen-bond donors (Lipinski definition) is 2. The number of hydrogen-bond acceptors (Lipinski definition) is 1. The van der Waals surface area contributed by atoms with E-state index in [0.717, 1.165) is 11.3 Å². The molecule has 0 saturated heterocycles. The van der Waals surface area contributed by atoms with Crippen LogP contribution in [0.4, 0.5) is 5.69 Å². The molecule has 0 spiro atoms. The Bertz CT molecular complexity index is 902. The van der Waals surface area contributed by atoms with E-state index in [2.05, 4.69) is 47.9 Å². The van der Waals surface area contributed by atoms with Crippen molar-refractivity contribution in [1.29, 1.82) is 0 Å². The van der Waals surface area contributed by atoms with Crippen molar-refractivity contribution >= 4 is 34.0 Å². The first-order valence-corrected chi connectivity index (χ1v) is 8.79. The van der Waals surface area contributed by atoms with Gasteiger partial charge in [0.25, 0.3) is 5.91 Å². The fraction of sp³-hybridized carbons (Fsp3) is 0.190. The molecule has 128 valence electrons. The van der Waals surface area contributed by atoms with Gasteiger partial charge in [-0.2, -0.15) is 0 Å². The van der Waals surface area contributed by atoms with E-state index in [9.17, 15) is 4.79 Å². The molecule has 0 heterocycles. The number of halogens is 1. The Labute approximate surface area is 153 Å². The second-order valence-corrected chi connectivity index (χ2v) is 6.74. The molecule has 25 heavy (non-hydrogen) atoms. The summed E-state index contributed by atoms with van der Waals surface area (Å²) in [4.78, 5) is 12.3. The van der Waals surface area contributed by atoms with E-state index < -0.39 is 0 Å². The van der Waals surface area contributed by atoms with Gasteiger partial charge in [-0.1, -0.05) is 60.1 Å². The maximum absolute atomic E-state index is 12.3. The summed E-state index contributed by atoms with van der Waals surface area (Å²) >= 11 is 6.00. The van der Waals surface area contributed by atoms with Crippen LogP contribution in [0.15, 0.2) is 60.7 Å². The summed E-state index contributed by atoms with van der Waals surface area (Å²) in [6.45, 7) is 4.43. The van der Waals surface area contributed by atoms with E-state index >= 15 is 0 Å². The quantitative estimate of drug-likeness (QED) is 0.713. The summed E-state index contributed by atoms with van der Waals surface area (Å²) in [5.74, 6) is -0.0301. The molecule has 0 aliphatic carbocycles. The fourth-order valence-corrected chi connectivity index (χ4v) is 3.16. The van der Waals surface area contributed by atoms with Crippen LogP contribution in [0.1, 0.15) is 24.1 Å². The van der Waals surface area contributed by atoms with Crippen LogP contribution in [0.2, 0.25) is 5.02 Å². The number of fused-ring (bicyclic) bond motifs is 1. The van der Waals surface area contributed by atoms with Crippen LogP contribution < -0.4 is 10.6 Å². The van der Waals surface area contributed by atoms with Crippen LogP contribution in [-0.2, 0) is 4.79 Å². The molecule has 0 saturated carbocycles. The van der Waals surface area contributed by atoms with Crippen molar-refractivity contribution in [3.63, 3.8) is 0 Å². The van der Waals surface area contributed by atoms with Gasteiger partial charge in [0.1, 0.15) is 6.04 Å². The lowest BCUT2D eigenvalue weighted by molar-refractivity contribution is -0.682. The molecule has 0 fully saturated rings. The minimum absolute atomic E-state index is 0.0301. The standard InChI is InChI=1S/C21H21ClN2O/c1-14-10-11-17(22)12-20(14)24-21(25)13-23-15(2)18-9-5-7-16-6-3-4-8-19(16)18/h3-12,15,23H,13H2,1-2H3,(H,24,25)/p+1/t15-/m1/s1. The highest BCUT2D eigenvalue weighted by Crippen LogP contribution is 2.22. The summed E-state index contributed by atoms with van der Waals surface area (Å²) in [6, 6.07) is 20.3. The molecular formula is C21H22ClN2O+. The number of anilines is 1. The van der Waals surface area contributed by atoms with Crippen molar-refractivity contribution in [2.24, 2.45) is 0 Å². The Morgan fingerprint density at radius 1 is 1.12 bits per heavy atom. The maximum atomic E-state index is 12.3. The highest BCUT2D eigenvalue weighted by Gasteiger charge is 2.14. The fourth-order valence-electron chi connectivity index (χ4n) is 2.99. The minimum Gasteiger partial charge on any atom is -0.332 e. The number of carbonyl (C=O) groups is 1. The van der Waals surface area contributed by atoms with Gasteiger partial charge in [-0.25, -0.2) is 0 Å². The molecule has 0 unspecified atom stereocenters. The number of nitrogens with one attached hydrogen (secondary N) is 1. The molecule has 3 aromatic rings. The lowest BCUT2D eigenvalue weighted by Gasteiger charge is -2.14. The number of nitrogens with two attached hydrogens (primary N) is 1. The van der Waals surface area contributed by atoms with E-state index in [4.69, 9.17) is 11.6 Å². The molecule has 3 rings (SSSR count). The predicted octanol–water partition coefficient (Wildman–Crippen LogP) is 4.06. The van der Waals surface area contributed by atoms with Crippen molar-refractivity contribution in [3.05, 3.63) is 76.8 Å². The van der Waals surface area contributed by atoms with Gasteiger partial charge in [0.2, 0.25) is 0 Å². The van der Waals surface area contributed by atoms with Crippen LogP contribution in [0, 0.1) is 6.92 Å². The average Bonchev–Trinajstić information content (AvgIpc) is 2.62. The molecule has 0 aromatic heterocycles. The number of amides is 1. The zero-order valence-electron chi connectivity index (χ0n) is 14.4. The van der Waals surface area contributed by atoms with E-state index in [0.29, 0.717) is 11.6 Å². The van der Waals surface area contributed by atoms with Crippen molar-refractivity contribution < 1.29 is 10.1 Å². The highest BCUT2D eigenvalue weighted by molar-refractivity contribution is 6.31. The van der Waals surface area contributed by atoms with Crippen molar-refractivity contribution in [3.8, 4) is 0 Å². The number of carbonyl (C=O) groups excluding carboxylic acids is 1. The molecule has 0 radical (unpaired) electrons. The molecule has 3 aromatic carbocycles. The average molecular weight is 354 g/mol. The maximum Gasteiger partial charge on any atom is 0.279 e. The Morgan fingerprint density at radius 3 is 2.72 bits per heavy atom. The van der Waals surface area contributed by atoms with E-state index in [1.165, 1.54) is 16.3 Å². The Balaban J connectivity index is 1.66. The summed E-state index contributed by atoms with van der Waals surface area (Å²) in [6.07, 6.45) is 0. The number of rotatable bonds is 5. The smallest absolute Gasteiger partial charge is 0.279 e. The van der Waals surface area contributed by atoms with Crippen LogP contribution in [0.5, 0.6) is 0 Å². The first-order chi connectivity index (χ1) is 12.0. The number of quaternary nitrogens is 1. The van der Waals surface area contributed by atoms with E-state index in [1.807, 2.05) is 31.2 Å². The zero-order valence-corrected chi connectivity index (χ0v) is 15.2. The molecule has 3 nitrogen and oxygen atoms in total. The van der Waals surface area contributed by atoms with Gasteiger partial charge in [0.05, 0.1) is 0 Å². The lowest BCUT2D eigenvalue weighted by Crippen LogP contribution is -2.86. The topological polar surface area (TPSA) is 45.7 Å². The molecule has 4 heteroatoms. The second kappa shape index (κ2) is 7.68. The zero-order chi connectivity index (χ0) is 17.8. The molecule has 3 N–H and O–H groups in total. The first kappa shape index (κ1) is 17.5. The summed E-state index contributed by atoms with van der Waals surface area (Å²) < 4.78 is 0. The molecule has 0 aliphatic rings. The third-order valence-electron chi connectivity index (χ3n) is 4.44. The summed E-state index contributed by atoms with van der Waals surface area (Å²) in [5.41, 5.74) is 3.01. The van der Waals surface area contributed by atoms with Gasteiger partial charge in [0, 0.05) is 16.3 Å². The van der Waals surface area contributed by atoms with E-state index in [1.54, 1.807) is 6.07 Å². The van der Waals surface area contributed by atoms with Gasteiger partial charge in [-0.3, -0.25) is 4.79 Å². The van der Waals surface area contributed by atoms with Gasteiger partial charge in [0.15, 0.2) is 6.54 Å². The molecule has 1 atom stereocenters. The lowest BCUT2D eigenvalue weighted by atomic mass is 10.00. The monoisotopic (exact) mass is 353 g/mol. The van der Waals surface area contributed by atoms with Gasteiger partial charge in [-0.05, 0) is 42.3 Å². The number of benzene rings is 3. The van der Waals surface area contributed by atoms with Crippen LogP contribution in [0.3, 0.4) is 0 Å². The third kappa shape index (κ3) is 4.19. The van der Waals surface area contributed by atoms with Gasteiger partial charge >= 0.3 is 0 Å². The van der Waals surface area contributed by atoms with Crippen molar-refractivity contribution in [2.45, 2.75) is 19.9 Å². The van der Waals surface area contributed by atoms with Gasteiger partial charge in [-0.15, -0.1) is 0 Å². The Kier molecular flexibility index (Phi) is 5.37. The van der Waals surface area contributed by atoms with Crippen LogP contribution in [-0.4, -0.2) is 12.5 Å². The third-order valence-corrected chi connectivity index (χ3v) is 4.68. The second-order valence-electron chi connectivity index (χ2n) is 6.30. The summed E-state index contributed by atoms with van der Waals surface area (Å²) in [5, 5.41) is 8.07. The Hall–Kier alpha value is -2.36. The summed E-state index contributed by atoms with van der Waals surface area (Å²) in [7, 11) is 0. The van der Waals surface area contributed by atoms with Crippen molar-refractivity contribution in [2.75, 3.05) is 11.9 Å². The van der Waals surface area contributed by atoms with Crippen LogP contribution >= 0.6 is 11.6 Å². The normalized spacial score (nSPS) is 12.1. The highest BCUT2D eigenvalue weighted by atomic mass is 35.5.